The van der Waals surface area contributed by atoms with E-state index in [1.54, 1.807) is 24.3 Å². The number of alkyl carbamates (subject to hydrolysis) is 1. The van der Waals surface area contributed by atoms with Gasteiger partial charge in [0.25, 0.3) is 5.91 Å². The van der Waals surface area contributed by atoms with Crippen molar-refractivity contribution in [1.29, 1.82) is 0 Å². The molecule has 0 fully saturated rings. The van der Waals surface area contributed by atoms with E-state index >= 15 is 0 Å². The van der Waals surface area contributed by atoms with Gasteiger partial charge in [0.1, 0.15) is 18.7 Å². The molecule has 0 aliphatic rings. The molecule has 0 heterocycles. The molecular formula is C33H36N6O7. The number of nitrogens with one attached hydrogen (secondary N) is 5. The molecule has 0 spiro atoms. The summed E-state index contributed by atoms with van der Waals surface area (Å²) >= 11 is 0. The summed E-state index contributed by atoms with van der Waals surface area (Å²) in [5, 5.41) is 9.86. The lowest BCUT2D eigenvalue weighted by Gasteiger charge is -2.20. The van der Waals surface area contributed by atoms with Crippen molar-refractivity contribution in [3.63, 3.8) is 0 Å². The van der Waals surface area contributed by atoms with Gasteiger partial charge in [0.2, 0.25) is 17.7 Å². The number of urea groups is 1. The van der Waals surface area contributed by atoms with E-state index in [1.807, 2.05) is 66.0 Å². The zero-order valence-electron chi connectivity index (χ0n) is 25.6. The Hall–Kier alpha value is -5.82. The Morgan fingerprint density at radius 3 is 2.02 bits per heavy atom. The van der Waals surface area contributed by atoms with Crippen molar-refractivity contribution in [1.82, 2.24) is 31.7 Å². The molecule has 0 aliphatic heterocycles. The first-order valence-corrected chi connectivity index (χ1v) is 14.3. The first-order chi connectivity index (χ1) is 22.1. The van der Waals surface area contributed by atoms with E-state index in [4.69, 9.17) is 4.74 Å². The van der Waals surface area contributed by atoms with Crippen LogP contribution in [-0.2, 0) is 37.1 Å². The molecule has 3 aromatic rings. The smallest absolute Gasteiger partial charge is 0.408 e. The molecule has 7 amide bonds. The van der Waals surface area contributed by atoms with Crippen molar-refractivity contribution in [3.8, 4) is 11.1 Å². The third kappa shape index (κ3) is 11.0. The molecule has 240 valence electrons. The second kappa shape index (κ2) is 17.5. The molecule has 0 saturated carbocycles. The second-order valence-electron chi connectivity index (χ2n) is 9.97. The maximum atomic E-state index is 12.6. The molecule has 13 nitrogen and oxygen atoms in total. The Kier molecular flexibility index (Phi) is 13.2. The van der Waals surface area contributed by atoms with Gasteiger partial charge in [-0.15, -0.1) is 0 Å². The summed E-state index contributed by atoms with van der Waals surface area (Å²) in [5.41, 5.74) is 5.97. The minimum Gasteiger partial charge on any atom is -0.445 e. The Morgan fingerprint density at radius 2 is 1.35 bits per heavy atom. The van der Waals surface area contributed by atoms with Crippen LogP contribution in [-0.4, -0.2) is 59.9 Å². The van der Waals surface area contributed by atoms with E-state index in [-0.39, 0.29) is 13.2 Å². The number of ether oxygens (including phenoxy) is 1. The van der Waals surface area contributed by atoms with Crippen LogP contribution in [0.5, 0.6) is 0 Å². The molecule has 0 bridgehead atoms. The van der Waals surface area contributed by atoms with Crippen molar-refractivity contribution in [2.75, 3.05) is 7.05 Å². The third-order valence-corrected chi connectivity index (χ3v) is 6.45. The molecule has 5 N–H and O–H groups in total. The van der Waals surface area contributed by atoms with Gasteiger partial charge in [-0.05, 0) is 42.2 Å². The van der Waals surface area contributed by atoms with Crippen molar-refractivity contribution >= 4 is 35.8 Å². The Morgan fingerprint density at radius 1 is 0.739 bits per heavy atom. The van der Waals surface area contributed by atoms with Crippen LogP contribution in [0.1, 0.15) is 25.0 Å². The molecule has 0 radical (unpaired) electrons. The van der Waals surface area contributed by atoms with Crippen molar-refractivity contribution in [2.45, 2.75) is 39.1 Å². The summed E-state index contributed by atoms with van der Waals surface area (Å²) in [7, 11) is 1.27. The number of hydrogen-bond donors (Lipinski definition) is 5. The Labute approximate surface area is 266 Å². The normalized spacial score (nSPS) is 11.9. The van der Waals surface area contributed by atoms with Gasteiger partial charge in [-0.25, -0.2) is 15.0 Å². The van der Waals surface area contributed by atoms with Gasteiger partial charge < -0.3 is 20.7 Å². The summed E-state index contributed by atoms with van der Waals surface area (Å²) in [6.07, 6.45) is 0.998. The lowest BCUT2D eigenvalue weighted by molar-refractivity contribution is -0.129. The zero-order chi connectivity index (χ0) is 33.5. The predicted octanol–water partition coefficient (Wildman–Crippen LogP) is 2.54. The Bertz CT molecular complexity index is 1560. The molecule has 0 aromatic heterocycles. The van der Waals surface area contributed by atoms with Gasteiger partial charge in [-0.1, -0.05) is 78.9 Å². The van der Waals surface area contributed by atoms with E-state index in [0.717, 1.165) is 34.4 Å². The molecule has 3 aromatic carbocycles. The SMILES string of the molecule is CNN(C(=O)/C=C/C(=O)NCc1cccc(-c2ccccc2)c1)C(=O)NC(=O)[C@H](C)NC(=O)[C@H](C)NC(=O)OCc1ccccc1. The van der Waals surface area contributed by atoms with Crippen LogP contribution in [0, 0.1) is 0 Å². The fourth-order valence-corrected chi connectivity index (χ4v) is 3.95. The fourth-order valence-electron chi connectivity index (χ4n) is 3.95. The summed E-state index contributed by atoms with van der Waals surface area (Å²) in [4.78, 5) is 74.5. The Balaban J connectivity index is 1.43. The number of rotatable bonds is 12. The predicted molar refractivity (Wildman–Crippen MR) is 169 cm³/mol. The van der Waals surface area contributed by atoms with Crippen LogP contribution < -0.4 is 26.7 Å². The highest BCUT2D eigenvalue weighted by Gasteiger charge is 2.26. The highest BCUT2D eigenvalue weighted by Crippen LogP contribution is 2.19. The first-order valence-electron chi connectivity index (χ1n) is 14.3. The van der Waals surface area contributed by atoms with Gasteiger partial charge in [-0.3, -0.25) is 24.5 Å². The summed E-state index contributed by atoms with van der Waals surface area (Å²) in [6, 6.07) is 22.9. The first kappa shape index (κ1) is 34.7. The van der Waals surface area contributed by atoms with Crippen molar-refractivity contribution in [2.24, 2.45) is 0 Å². The minimum atomic E-state index is -1.21. The number of carbonyl (C=O) groups excluding carboxylic acids is 6. The summed E-state index contributed by atoms with van der Waals surface area (Å²) in [6.45, 7) is 2.91. The standard InChI is InChI=1S/C33H36N6O7/c1-22(36-30(42)23(2)37-33(45)46-21-24-11-6-4-7-12-24)31(43)38-32(44)39(34-3)29(41)18-17-28(40)35-20-25-13-10-16-27(19-25)26-14-8-5-9-15-26/h4-19,22-23,34H,20-21H2,1-3H3,(H,35,40)(H,36,42)(H,37,45)(H,38,43,44)/b18-17+/t22-,23-/m0/s1. The van der Waals surface area contributed by atoms with Crippen LogP contribution in [0.4, 0.5) is 9.59 Å². The van der Waals surface area contributed by atoms with Crippen LogP contribution in [0.3, 0.4) is 0 Å². The summed E-state index contributed by atoms with van der Waals surface area (Å²) < 4.78 is 5.07. The average molecular weight is 629 g/mol. The highest BCUT2D eigenvalue weighted by molar-refractivity contribution is 6.07. The van der Waals surface area contributed by atoms with Crippen LogP contribution in [0.25, 0.3) is 11.1 Å². The molecule has 13 heteroatoms. The van der Waals surface area contributed by atoms with Gasteiger partial charge in [0, 0.05) is 25.7 Å². The van der Waals surface area contributed by atoms with Crippen LogP contribution in [0.15, 0.2) is 97.1 Å². The van der Waals surface area contributed by atoms with Gasteiger partial charge in [0.05, 0.1) is 0 Å². The molecule has 0 unspecified atom stereocenters. The number of imide groups is 2. The van der Waals surface area contributed by atoms with Crippen molar-refractivity contribution < 1.29 is 33.5 Å². The average Bonchev–Trinajstić information content (AvgIpc) is 3.06. The molecule has 3 rings (SSSR count). The lowest BCUT2D eigenvalue weighted by atomic mass is 10.0. The number of amides is 7. The molecule has 0 saturated heterocycles. The number of nitrogens with zero attached hydrogens (tertiary/aromatic N) is 1. The zero-order valence-corrected chi connectivity index (χ0v) is 25.6. The van der Waals surface area contributed by atoms with E-state index in [1.165, 1.54) is 20.9 Å². The number of hydrazine groups is 1. The second-order valence-corrected chi connectivity index (χ2v) is 9.97. The number of benzene rings is 3. The van der Waals surface area contributed by atoms with Gasteiger partial charge >= 0.3 is 12.1 Å². The fraction of sp³-hybridized carbons (Fsp3) is 0.212. The molecular weight excluding hydrogens is 592 g/mol. The van der Waals surface area contributed by atoms with Crippen molar-refractivity contribution in [3.05, 3.63) is 108 Å². The lowest BCUT2D eigenvalue weighted by Crippen LogP contribution is -2.56. The molecule has 46 heavy (non-hydrogen) atoms. The van der Waals surface area contributed by atoms with E-state index < -0.39 is 47.8 Å². The molecule has 0 aliphatic carbocycles. The monoisotopic (exact) mass is 628 g/mol. The summed E-state index contributed by atoms with van der Waals surface area (Å²) in [5.74, 6) is -3.15. The van der Waals surface area contributed by atoms with E-state index in [9.17, 15) is 28.8 Å². The van der Waals surface area contributed by atoms with Crippen LogP contribution >= 0.6 is 0 Å². The van der Waals surface area contributed by atoms with Gasteiger partial charge in [0.15, 0.2) is 0 Å². The maximum Gasteiger partial charge on any atom is 0.408 e. The van der Waals surface area contributed by atoms with Gasteiger partial charge in [-0.2, -0.15) is 5.01 Å². The maximum absolute atomic E-state index is 12.6. The van der Waals surface area contributed by atoms with E-state index in [0.29, 0.717) is 5.01 Å². The largest absolute Gasteiger partial charge is 0.445 e. The number of hydrogen-bond acceptors (Lipinski definition) is 8. The quantitative estimate of drug-likeness (QED) is 0.150. The van der Waals surface area contributed by atoms with Crippen LogP contribution in [0.2, 0.25) is 0 Å². The number of carbonyl (C=O) groups is 6. The minimum absolute atomic E-state index is 0.00607. The molecule has 2 atom stereocenters. The third-order valence-electron chi connectivity index (χ3n) is 6.45. The van der Waals surface area contributed by atoms with E-state index in [2.05, 4.69) is 21.4 Å². The highest BCUT2D eigenvalue weighted by atomic mass is 16.5. The topological polar surface area (TPSA) is 175 Å².